The van der Waals surface area contributed by atoms with Crippen LogP contribution in [0.15, 0.2) is 60.7 Å². The Labute approximate surface area is 216 Å². The predicted molar refractivity (Wildman–Crippen MR) is 141 cm³/mol. The van der Waals surface area contributed by atoms with E-state index in [2.05, 4.69) is 34.1 Å². The van der Waals surface area contributed by atoms with Gasteiger partial charge in [-0.15, -0.1) is 0 Å². The number of imide groups is 1. The lowest BCUT2D eigenvalue weighted by atomic mass is 10.1. The summed E-state index contributed by atoms with van der Waals surface area (Å²) in [5, 5.41) is 0. The number of methoxy groups -OCH3 is 3. The Morgan fingerprint density at radius 2 is 1.38 bits per heavy atom. The first-order chi connectivity index (χ1) is 18.0. The molecule has 0 saturated carbocycles. The highest BCUT2D eigenvalue weighted by Crippen LogP contribution is 2.39. The third-order valence-corrected chi connectivity index (χ3v) is 7.00. The van der Waals surface area contributed by atoms with E-state index in [1.165, 1.54) is 31.8 Å². The van der Waals surface area contributed by atoms with Gasteiger partial charge in [0.2, 0.25) is 5.75 Å². The second-order valence-corrected chi connectivity index (χ2v) is 9.18. The summed E-state index contributed by atoms with van der Waals surface area (Å²) < 4.78 is 16.3. The summed E-state index contributed by atoms with van der Waals surface area (Å²) in [6.07, 6.45) is 0. The van der Waals surface area contributed by atoms with Crippen molar-refractivity contribution < 1.29 is 23.8 Å². The highest BCUT2D eigenvalue weighted by atomic mass is 16.5. The Hall–Kier alpha value is -4.04. The third kappa shape index (κ3) is 4.72. The van der Waals surface area contributed by atoms with E-state index in [-0.39, 0.29) is 18.4 Å². The van der Waals surface area contributed by atoms with E-state index in [1.54, 1.807) is 18.2 Å². The molecule has 192 valence electrons. The second kappa shape index (κ2) is 10.5. The number of fused-ring (bicyclic) bond motifs is 1. The molecule has 0 aliphatic carbocycles. The molecule has 0 bridgehead atoms. The molecule has 0 spiro atoms. The molecular formula is C29H31N3O5. The number of carbonyl (C=O) groups excluding carboxylic acids is 2. The molecule has 0 unspecified atom stereocenters. The summed E-state index contributed by atoms with van der Waals surface area (Å²) in [4.78, 5) is 32.8. The van der Waals surface area contributed by atoms with Crippen molar-refractivity contribution in [1.82, 2.24) is 9.80 Å². The summed E-state index contributed by atoms with van der Waals surface area (Å²) >= 11 is 0. The molecule has 1 fully saturated rings. The van der Waals surface area contributed by atoms with Crippen LogP contribution in [0.3, 0.4) is 0 Å². The van der Waals surface area contributed by atoms with Crippen LogP contribution in [0.25, 0.3) is 0 Å². The Morgan fingerprint density at radius 3 is 2.00 bits per heavy atom. The molecular weight excluding hydrogens is 470 g/mol. The van der Waals surface area contributed by atoms with Crippen LogP contribution in [0.5, 0.6) is 17.2 Å². The largest absolute Gasteiger partial charge is 0.493 e. The van der Waals surface area contributed by atoms with E-state index < -0.39 is 0 Å². The van der Waals surface area contributed by atoms with Gasteiger partial charge in [0.1, 0.15) is 0 Å². The molecule has 2 aliphatic rings. The average molecular weight is 502 g/mol. The standard InChI is InChI=1S/C29H31N3O5/c1-35-24-16-21(17-25(36-2)27(24)37-3)19-32-28(33)22-10-7-11-23(26(22)29(32)34)31-14-12-30(13-15-31)18-20-8-5-4-6-9-20/h4-11,16-17H,12-15,18-19H2,1-3H3. The summed E-state index contributed by atoms with van der Waals surface area (Å²) in [7, 11) is 4.61. The normalized spacial score (nSPS) is 15.6. The Bertz CT molecular complexity index is 1280. The summed E-state index contributed by atoms with van der Waals surface area (Å²) in [6, 6.07) is 19.5. The van der Waals surface area contributed by atoms with Gasteiger partial charge in [-0.1, -0.05) is 36.4 Å². The van der Waals surface area contributed by atoms with Gasteiger partial charge in [-0.05, 0) is 35.4 Å². The highest BCUT2D eigenvalue weighted by molar-refractivity contribution is 6.23. The molecule has 0 radical (unpaired) electrons. The maximum Gasteiger partial charge on any atom is 0.263 e. The van der Waals surface area contributed by atoms with Crippen LogP contribution >= 0.6 is 0 Å². The van der Waals surface area contributed by atoms with Crippen LogP contribution in [0.2, 0.25) is 0 Å². The van der Waals surface area contributed by atoms with Gasteiger partial charge in [-0.3, -0.25) is 19.4 Å². The Kier molecular flexibility index (Phi) is 7.01. The quantitative estimate of drug-likeness (QED) is 0.435. The molecule has 3 aromatic rings. The van der Waals surface area contributed by atoms with Gasteiger partial charge in [-0.25, -0.2) is 0 Å². The first-order valence-corrected chi connectivity index (χ1v) is 12.3. The van der Waals surface area contributed by atoms with Gasteiger partial charge in [0.15, 0.2) is 11.5 Å². The first kappa shape index (κ1) is 24.6. The molecule has 8 heteroatoms. The van der Waals surface area contributed by atoms with Crippen LogP contribution in [-0.2, 0) is 13.1 Å². The Morgan fingerprint density at radius 1 is 0.703 bits per heavy atom. The zero-order valence-corrected chi connectivity index (χ0v) is 21.4. The van der Waals surface area contributed by atoms with Crippen molar-refractivity contribution in [3.63, 3.8) is 0 Å². The van der Waals surface area contributed by atoms with Gasteiger partial charge in [0, 0.05) is 32.7 Å². The van der Waals surface area contributed by atoms with Gasteiger partial charge in [0.25, 0.3) is 11.8 Å². The van der Waals surface area contributed by atoms with Crippen molar-refractivity contribution >= 4 is 17.5 Å². The van der Waals surface area contributed by atoms with Gasteiger partial charge in [-0.2, -0.15) is 0 Å². The topological polar surface area (TPSA) is 71.6 Å². The molecule has 2 aliphatic heterocycles. The molecule has 2 heterocycles. The number of carbonyl (C=O) groups is 2. The predicted octanol–water partition coefficient (Wildman–Crippen LogP) is 3.83. The minimum Gasteiger partial charge on any atom is -0.493 e. The molecule has 0 N–H and O–H groups in total. The monoisotopic (exact) mass is 501 g/mol. The number of anilines is 1. The number of amides is 2. The molecule has 37 heavy (non-hydrogen) atoms. The fourth-order valence-electron chi connectivity index (χ4n) is 5.12. The minimum atomic E-state index is -0.293. The van der Waals surface area contributed by atoms with Crippen molar-refractivity contribution in [3.05, 3.63) is 82.9 Å². The van der Waals surface area contributed by atoms with Gasteiger partial charge in [0.05, 0.1) is 44.7 Å². The average Bonchev–Trinajstić information content (AvgIpc) is 3.18. The maximum absolute atomic E-state index is 13.6. The van der Waals surface area contributed by atoms with Crippen molar-refractivity contribution in [2.45, 2.75) is 13.1 Å². The number of ether oxygens (including phenoxy) is 3. The fourth-order valence-corrected chi connectivity index (χ4v) is 5.12. The smallest absolute Gasteiger partial charge is 0.263 e. The van der Waals surface area contributed by atoms with Crippen molar-refractivity contribution in [2.24, 2.45) is 0 Å². The number of rotatable bonds is 8. The van der Waals surface area contributed by atoms with E-state index in [1.807, 2.05) is 18.2 Å². The molecule has 3 aromatic carbocycles. The Balaban J connectivity index is 1.34. The van der Waals surface area contributed by atoms with Crippen LogP contribution in [0, 0.1) is 0 Å². The van der Waals surface area contributed by atoms with Crippen LogP contribution in [0.1, 0.15) is 31.8 Å². The van der Waals surface area contributed by atoms with Crippen molar-refractivity contribution in [2.75, 3.05) is 52.4 Å². The minimum absolute atomic E-state index is 0.105. The van der Waals surface area contributed by atoms with Crippen molar-refractivity contribution in [1.29, 1.82) is 0 Å². The lowest BCUT2D eigenvalue weighted by molar-refractivity contribution is 0.0642. The molecule has 0 aromatic heterocycles. The van der Waals surface area contributed by atoms with Crippen molar-refractivity contribution in [3.8, 4) is 17.2 Å². The molecule has 1 saturated heterocycles. The lowest BCUT2D eigenvalue weighted by Crippen LogP contribution is -2.46. The number of nitrogens with zero attached hydrogens (tertiary/aromatic N) is 3. The number of benzene rings is 3. The number of hydrogen-bond donors (Lipinski definition) is 0. The molecule has 8 nitrogen and oxygen atoms in total. The van der Waals surface area contributed by atoms with Gasteiger partial charge < -0.3 is 19.1 Å². The van der Waals surface area contributed by atoms with Gasteiger partial charge >= 0.3 is 0 Å². The molecule has 5 rings (SSSR count). The van der Waals surface area contributed by atoms with E-state index in [4.69, 9.17) is 14.2 Å². The third-order valence-electron chi connectivity index (χ3n) is 7.00. The second-order valence-electron chi connectivity index (χ2n) is 9.18. The summed E-state index contributed by atoms with van der Waals surface area (Å²) in [5.41, 5.74) is 3.75. The van der Waals surface area contributed by atoms with E-state index >= 15 is 0 Å². The molecule has 0 atom stereocenters. The number of hydrogen-bond acceptors (Lipinski definition) is 7. The van der Waals surface area contributed by atoms with E-state index in [9.17, 15) is 9.59 Å². The summed E-state index contributed by atoms with van der Waals surface area (Å²) in [5.74, 6) is 0.837. The van der Waals surface area contributed by atoms with Crippen LogP contribution in [-0.4, -0.2) is 69.1 Å². The van der Waals surface area contributed by atoms with E-state index in [0.29, 0.717) is 33.9 Å². The zero-order chi connectivity index (χ0) is 25.9. The van der Waals surface area contributed by atoms with Crippen LogP contribution in [0.4, 0.5) is 5.69 Å². The summed E-state index contributed by atoms with van der Waals surface area (Å²) in [6.45, 7) is 4.36. The zero-order valence-electron chi connectivity index (χ0n) is 21.4. The fraction of sp³-hybridized carbons (Fsp3) is 0.310. The highest BCUT2D eigenvalue weighted by Gasteiger charge is 2.39. The first-order valence-electron chi connectivity index (χ1n) is 12.3. The van der Waals surface area contributed by atoms with E-state index in [0.717, 1.165) is 38.4 Å². The maximum atomic E-state index is 13.6. The lowest BCUT2D eigenvalue weighted by Gasteiger charge is -2.36. The SMILES string of the molecule is COc1cc(CN2C(=O)c3cccc(N4CCN(Cc5ccccc5)CC4)c3C2=O)cc(OC)c1OC. The molecule has 2 amide bonds. The van der Waals surface area contributed by atoms with Crippen LogP contribution < -0.4 is 19.1 Å². The number of piperazine rings is 1.